The van der Waals surface area contributed by atoms with E-state index in [-0.39, 0.29) is 17.9 Å². The van der Waals surface area contributed by atoms with Gasteiger partial charge in [-0.25, -0.2) is 0 Å². The topological polar surface area (TPSA) is 58.6 Å². The Kier molecular flexibility index (Phi) is 5.03. The highest BCUT2D eigenvalue weighted by atomic mass is 16.5. The number of rotatable bonds is 5. The summed E-state index contributed by atoms with van der Waals surface area (Å²) in [5.74, 6) is 0.363. The molecular formula is C20H22N2O3. The minimum atomic E-state index is -0.215. The van der Waals surface area contributed by atoms with Crippen LogP contribution in [0, 0.1) is 6.92 Å². The van der Waals surface area contributed by atoms with Crippen LogP contribution in [0.5, 0.6) is 5.75 Å². The number of amides is 2. The van der Waals surface area contributed by atoms with Crippen molar-refractivity contribution < 1.29 is 14.3 Å². The molecule has 2 aromatic carbocycles. The van der Waals surface area contributed by atoms with Crippen molar-refractivity contribution in [3.63, 3.8) is 0 Å². The van der Waals surface area contributed by atoms with E-state index in [1.165, 1.54) is 0 Å². The van der Waals surface area contributed by atoms with Gasteiger partial charge in [0.15, 0.2) is 0 Å². The lowest BCUT2D eigenvalue weighted by atomic mass is 10.1. The zero-order valence-corrected chi connectivity index (χ0v) is 14.5. The number of benzene rings is 2. The molecule has 130 valence electrons. The number of nitrogens with zero attached hydrogens (tertiary/aromatic N) is 1. The van der Waals surface area contributed by atoms with Crippen LogP contribution in [0.25, 0.3) is 0 Å². The lowest BCUT2D eigenvalue weighted by Crippen LogP contribution is -2.37. The molecule has 3 rings (SSSR count). The lowest BCUT2D eigenvalue weighted by molar-refractivity contribution is -0.117. The van der Waals surface area contributed by atoms with Gasteiger partial charge in [0, 0.05) is 18.7 Å². The second-order valence-corrected chi connectivity index (χ2v) is 6.14. The molecule has 0 spiro atoms. The summed E-state index contributed by atoms with van der Waals surface area (Å²) in [6.07, 6.45) is 0.302. The number of anilines is 1. The Labute approximate surface area is 147 Å². The quantitative estimate of drug-likeness (QED) is 0.912. The normalized spacial score (nSPS) is 16.8. The molecule has 2 aromatic rings. The molecule has 1 aliphatic rings. The van der Waals surface area contributed by atoms with Gasteiger partial charge in [0.1, 0.15) is 5.75 Å². The molecule has 1 atom stereocenters. The second kappa shape index (κ2) is 7.38. The molecule has 25 heavy (non-hydrogen) atoms. The van der Waals surface area contributed by atoms with Crippen LogP contribution in [0.15, 0.2) is 48.5 Å². The van der Waals surface area contributed by atoms with Crippen LogP contribution < -0.4 is 15.0 Å². The van der Waals surface area contributed by atoms with Crippen molar-refractivity contribution >= 4 is 17.5 Å². The maximum absolute atomic E-state index is 12.6. The molecule has 5 nitrogen and oxygen atoms in total. The van der Waals surface area contributed by atoms with Gasteiger partial charge in [-0.2, -0.15) is 0 Å². The Morgan fingerprint density at radius 2 is 1.92 bits per heavy atom. The fourth-order valence-corrected chi connectivity index (χ4v) is 2.98. The van der Waals surface area contributed by atoms with Gasteiger partial charge in [0.2, 0.25) is 5.91 Å². The van der Waals surface area contributed by atoms with Gasteiger partial charge in [0.25, 0.3) is 5.91 Å². The average molecular weight is 338 g/mol. The summed E-state index contributed by atoms with van der Waals surface area (Å²) in [5.41, 5.74) is 2.50. The first-order valence-corrected chi connectivity index (χ1v) is 8.48. The average Bonchev–Trinajstić information content (AvgIpc) is 2.96. The predicted octanol–water partition coefficient (Wildman–Crippen LogP) is 2.93. The van der Waals surface area contributed by atoms with E-state index in [0.29, 0.717) is 30.9 Å². The number of ether oxygens (including phenoxy) is 1. The summed E-state index contributed by atoms with van der Waals surface area (Å²) in [7, 11) is 0. The fourth-order valence-electron chi connectivity index (χ4n) is 2.98. The van der Waals surface area contributed by atoms with Crippen molar-refractivity contribution in [1.29, 1.82) is 0 Å². The van der Waals surface area contributed by atoms with Crippen LogP contribution in [0.2, 0.25) is 0 Å². The van der Waals surface area contributed by atoms with Gasteiger partial charge in [0.05, 0.1) is 18.2 Å². The zero-order chi connectivity index (χ0) is 17.8. The van der Waals surface area contributed by atoms with Gasteiger partial charge in [-0.15, -0.1) is 0 Å². The third kappa shape index (κ3) is 3.82. The van der Waals surface area contributed by atoms with Crippen LogP contribution in [0.1, 0.15) is 29.3 Å². The monoisotopic (exact) mass is 338 g/mol. The minimum Gasteiger partial charge on any atom is -0.493 e. The zero-order valence-electron chi connectivity index (χ0n) is 14.5. The Morgan fingerprint density at radius 3 is 2.64 bits per heavy atom. The largest absolute Gasteiger partial charge is 0.493 e. The molecule has 0 aromatic heterocycles. The minimum absolute atomic E-state index is 0.0206. The van der Waals surface area contributed by atoms with Crippen LogP contribution in [-0.4, -0.2) is 31.0 Å². The molecular weight excluding hydrogens is 316 g/mol. The number of hydrogen-bond donors (Lipinski definition) is 1. The first kappa shape index (κ1) is 17.0. The summed E-state index contributed by atoms with van der Waals surface area (Å²) < 4.78 is 5.51. The molecule has 0 saturated carbocycles. The van der Waals surface area contributed by atoms with Gasteiger partial charge in [-0.1, -0.05) is 29.8 Å². The SMILES string of the molecule is CCOc1ccccc1C(=O)N[C@@H]1CC(=O)N(c2ccc(C)cc2)C1. The molecule has 1 saturated heterocycles. The van der Waals surface area contributed by atoms with Gasteiger partial charge in [-0.3, -0.25) is 9.59 Å². The number of para-hydroxylation sites is 1. The van der Waals surface area contributed by atoms with Crippen molar-refractivity contribution in [3.8, 4) is 5.75 Å². The summed E-state index contributed by atoms with van der Waals surface area (Å²) in [6, 6.07) is 14.8. The number of nitrogens with one attached hydrogen (secondary N) is 1. The fraction of sp³-hybridized carbons (Fsp3) is 0.300. The summed E-state index contributed by atoms with van der Waals surface area (Å²) in [4.78, 5) is 26.6. The maximum Gasteiger partial charge on any atom is 0.255 e. The third-order valence-corrected chi connectivity index (χ3v) is 4.24. The van der Waals surface area contributed by atoms with Crippen molar-refractivity contribution in [2.75, 3.05) is 18.1 Å². The molecule has 2 amide bonds. The smallest absolute Gasteiger partial charge is 0.255 e. The molecule has 1 N–H and O–H groups in total. The second-order valence-electron chi connectivity index (χ2n) is 6.14. The van der Waals surface area contributed by atoms with Crippen molar-refractivity contribution in [1.82, 2.24) is 5.32 Å². The number of carbonyl (C=O) groups is 2. The van der Waals surface area contributed by atoms with Crippen LogP contribution in [-0.2, 0) is 4.79 Å². The molecule has 0 bridgehead atoms. The Hall–Kier alpha value is -2.82. The van der Waals surface area contributed by atoms with E-state index >= 15 is 0 Å². The molecule has 5 heteroatoms. The van der Waals surface area contributed by atoms with Crippen molar-refractivity contribution in [2.24, 2.45) is 0 Å². The molecule has 1 aliphatic heterocycles. The van der Waals surface area contributed by atoms with Crippen molar-refractivity contribution in [3.05, 3.63) is 59.7 Å². The van der Waals surface area contributed by atoms with E-state index in [9.17, 15) is 9.59 Å². The maximum atomic E-state index is 12.6. The number of carbonyl (C=O) groups excluding carboxylic acids is 2. The van der Waals surface area contributed by atoms with Crippen LogP contribution >= 0.6 is 0 Å². The van der Waals surface area contributed by atoms with Gasteiger partial charge in [-0.05, 0) is 38.1 Å². The van der Waals surface area contributed by atoms with Crippen LogP contribution in [0.4, 0.5) is 5.69 Å². The predicted molar refractivity (Wildman–Crippen MR) is 97.0 cm³/mol. The highest BCUT2D eigenvalue weighted by Gasteiger charge is 2.32. The van der Waals surface area contributed by atoms with E-state index in [4.69, 9.17) is 4.74 Å². The number of aryl methyl sites for hydroxylation is 1. The van der Waals surface area contributed by atoms with E-state index in [1.807, 2.05) is 44.2 Å². The third-order valence-electron chi connectivity index (χ3n) is 4.24. The summed E-state index contributed by atoms with van der Waals surface area (Å²) in [6.45, 7) is 4.86. The van der Waals surface area contributed by atoms with E-state index in [1.54, 1.807) is 23.1 Å². The van der Waals surface area contributed by atoms with Crippen molar-refractivity contribution in [2.45, 2.75) is 26.3 Å². The molecule has 0 radical (unpaired) electrons. The first-order chi connectivity index (χ1) is 12.1. The van der Waals surface area contributed by atoms with Crippen LogP contribution in [0.3, 0.4) is 0 Å². The van der Waals surface area contributed by atoms with E-state index < -0.39 is 0 Å². The summed E-state index contributed by atoms with van der Waals surface area (Å²) >= 11 is 0. The Balaban J connectivity index is 1.69. The Morgan fingerprint density at radius 1 is 1.20 bits per heavy atom. The molecule has 0 aliphatic carbocycles. The first-order valence-electron chi connectivity index (χ1n) is 8.48. The highest BCUT2D eigenvalue weighted by molar-refractivity contribution is 6.00. The molecule has 1 heterocycles. The molecule has 0 unspecified atom stereocenters. The lowest BCUT2D eigenvalue weighted by Gasteiger charge is -2.18. The van der Waals surface area contributed by atoms with Gasteiger partial charge >= 0.3 is 0 Å². The Bertz CT molecular complexity index is 771. The van der Waals surface area contributed by atoms with Gasteiger partial charge < -0.3 is 15.0 Å². The molecule has 1 fully saturated rings. The standard InChI is InChI=1S/C20H22N2O3/c1-3-25-18-7-5-4-6-17(18)20(24)21-15-12-19(23)22(13-15)16-10-8-14(2)9-11-16/h4-11,15H,3,12-13H2,1-2H3,(H,21,24)/t15-/m1/s1. The number of hydrogen-bond acceptors (Lipinski definition) is 3. The van der Waals surface area contributed by atoms with E-state index in [0.717, 1.165) is 11.3 Å². The summed E-state index contributed by atoms with van der Waals surface area (Å²) in [5, 5.41) is 2.95. The highest BCUT2D eigenvalue weighted by Crippen LogP contribution is 2.23. The van der Waals surface area contributed by atoms with E-state index in [2.05, 4.69) is 5.32 Å².